The SMILES string of the molecule is CCOC(=O)c1nc(C#N)c2c(c1O)c(Cl)c(Cl)n2[C@@H](C)c1ccccc1. The molecule has 0 saturated heterocycles. The Balaban J connectivity index is 2.35. The molecule has 0 aliphatic carbocycles. The molecule has 0 unspecified atom stereocenters. The number of carbonyl (C=O) groups excluding carboxylic acids is 1. The van der Waals surface area contributed by atoms with Crippen molar-refractivity contribution in [1.82, 2.24) is 9.55 Å². The molecule has 0 amide bonds. The van der Waals surface area contributed by atoms with Crippen LogP contribution in [0.3, 0.4) is 0 Å². The number of esters is 1. The van der Waals surface area contributed by atoms with E-state index in [0.29, 0.717) is 0 Å². The molecule has 3 rings (SSSR count). The number of fused-ring (bicyclic) bond motifs is 1. The van der Waals surface area contributed by atoms with E-state index < -0.39 is 11.7 Å². The molecule has 6 nitrogen and oxygen atoms in total. The maximum Gasteiger partial charge on any atom is 0.360 e. The molecule has 1 atom stereocenters. The van der Waals surface area contributed by atoms with E-state index in [1.54, 1.807) is 11.5 Å². The van der Waals surface area contributed by atoms with Crippen molar-refractivity contribution in [3.05, 3.63) is 57.5 Å². The molecular formula is C19H15Cl2N3O3. The summed E-state index contributed by atoms with van der Waals surface area (Å²) in [6.45, 7) is 3.61. The molecule has 1 N–H and O–H groups in total. The van der Waals surface area contributed by atoms with Crippen LogP contribution in [0.5, 0.6) is 5.75 Å². The van der Waals surface area contributed by atoms with Crippen LogP contribution in [0.1, 0.15) is 41.6 Å². The monoisotopic (exact) mass is 403 g/mol. The number of nitrogens with zero attached hydrogens (tertiary/aromatic N) is 3. The van der Waals surface area contributed by atoms with Gasteiger partial charge in [-0.1, -0.05) is 53.5 Å². The summed E-state index contributed by atoms with van der Waals surface area (Å²) in [7, 11) is 0. The molecule has 0 bridgehead atoms. The first kappa shape index (κ1) is 19.0. The largest absolute Gasteiger partial charge is 0.505 e. The van der Waals surface area contributed by atoms with Gasteiger partial charge in [0, 0.05) is 0 Å². The van der Waals surface area contributed by atoms with Crippen LogP contribution in [0, 0.1) is 11.3 Å². The average Bonchev–Trinajstić information content (AvgIpc) is 2.94. The fourth-order valence-corrected chi connectivity index (χ4v) is 3.58. The number of nitriles is 1. The van der Waals surface area contributed by atoms with Crippen LogP contribution in [0.25, 0.3) is 10.9 Å². The molecule has 3 aromatic rings. The standard InChI is InChI=1S/C19H15Cl2N3O3/c1-3-27-19(26)15-17(25)13-14(20)18(21)24(16(13)12(9-22)23-15)10(2)11-7-5-4-6-8-11/h4-8,10,25H,3H2,1-2H3/t10-/m0/s1. The van der Waals surface area contributed by atoms with Gasteiger partial charge in [0.15, 0.2) is 17.1 Å². The summed E-state index contributed by atoms with van der Waals surface area (Å²) in [4.78, 5) is 16.1. The van der Waals surface area contributed by atoms with Crippen LogP contribution in [0.15, 0.2) is 30.3 Å². The van der Waals surface area contributed by atoms with Crippen molar-refractivity contribution >= 4 is 40.1 Å². The highest BCUT2D eigenvalue weighted by Gasteiger charge is 2.29. The lowest BCUT2D eigenvalue weighted by atomic mass is 10.1. The van der Waals surface area contributed by atoms with Gasteiger partial charge in [0.25, 0.3) is 0 Å². The topological polar surface area (TPSA) is 88.1 Å². The van der Waals surface area contributed by atoms with Crippen LogP contribution in [0.4, 0.5) is 0 Å². The molecule has 2 aromatic heterocycles. The Bertz CT molecular complexity index is 1070. The van der Waals surface area contributed by atoms with Crippen LogP contribution < -0.4 is 0 Å². The first-order chi connectivity index (χ1) is 12.9. The average molecular weight is 404 g/mol. The normalized spacial score (nSPS) is 12.0. The van der Waals surface area contributed by atoms with Gasteiger partial charge >= 0.3 is 5.97 Å². The van der Waals surface area contributed by atoms with E-state index in [9.17, 15) is 15.2 Å². The Morgan fingerprint density at radius 1 is 1.37 bits per heavy atom. The summed E-state index contributed by atoms with van der Waals surface area (Å²) in [5, 5.41) is 20.5. The summed E-state index contributed by atoms with van der Waals surface area (Å²) in [6, 6.07) is 11.1. The Morgan fingerprint density at radius 3 is 2.63 bits per heavy atom. The number of hydrogen-bond acceptors (Lipinski definition) is 5. The van der Waals surface area contributed by atoms with Crippen molar-refractivity contribution in [3.63, 3.8) is 0 Å². The fraction of sp³-hybridized carbons (Fsp3) is 0.211. The zero-order chi connectivity index (χ0) is 19.7. The van der Waals surface area contributed by atoms with Gasteiger partial charge in [-0.25, -0.2) is 9.78 Å². The number of halogens is 2. The molecule has 27 heavy (non-hydrogen) atoms. The maximum atomic E-state index is 12.1. The highest BCUT2D eigenvalue weighted by molar-refractivity contribution is 6.46. The Kier molecular flexibility index (Phi) is 5.26. The van der Waals surface area contributed by atoms with Crippen LogP contribution in [-0.2, 0) is 4.74 Å². The maximum absolute atomic E-state index is 12.1. The number of ether oxygens (including phenoxy) is 1. The third kappa shape index (κ3) is 3.09. The molecule has 8 heteroatoms. The summed E-state index contributed by atoms with van der Waals surface area (Å²) in [5.74, 6) is -1.31. The van der Waals surface area contributed by atoms with Crippen molar-refractivity contribution in [2.24, 2.45) is 0 Å². The van der Waals surface area contributed by atoms with E-state index in [0.717, 1.165) is 5.56 Å². The highest BCUT2D eigenvalue weighted by Crippen LogP contribution is 2.44. The van der Waals surface area contributed by atoms with Gasteiger partial charge in [0.1, 0.15) is 11.2 Å². The van der Waals surface area contributed by atoms with Gasteiger partial charge < -0.3 is 14.4 Å². The lowest BCUT2D eigenvalue weighted by Crippen LogP contribution is -2.11. The van der Waals surface area contributed by atoms with Crippen LogP contribution in [-0.4, -0.2) is 27.2 Å². The number of rotatable bonds is 4. The van der Waals surface area contributed by atoms with Gasteiger partial charge in [-0.3, -0.25) is 0 Å². The van der Waals surface area contributed by atoms with Gasteiger partial charge in [0.2, 0.25) is 0 Å². The zero-order valence-electron chi connectivity index (χ0n) is 14.5. The van der Waals surface area contributed by atoms with Crippen LogP contribution >= 0.6 is 23.2 Å². The van der Waals surface area contributed by atoms with E-state index in [2.05, 4.69) is 4.98 Å². The van der Waals surface area contributed by atoms with E-state index in [-0.39, 0.29) is 45.1 Å². The van der Waals surface area contributed by atoms with Gasteiger partial charge in [-0.15, -0.1) is 0 Å². The molecule has 0 aliphatic heterocycles. The molecule has 0 aliphatic rings. The number of aromatic nitrogens is 2. The van der Waals surface area contributed by atoms with Crippen molar-refractivity contribution in [2.75, 3.05) is 6.61 Å². The summed E-state index contributed by atoms with van der Waals surface area (Å²) < 4.78 is 6.52. The summed E-state index contributed by atoms with van der Waals surface area (Å²) in [6.07, 6.45) is 0. The van der Waals surface area contributed by atoms with E-state index >= 15 is 0 Å². The van der Waals surface area contributed by atoms with Gasteiger partial charge in [0.05, 0.1) is 28.6 Å². The first-order valence-corrected chi connectivity index (χ1v) is 8.91. The smallest absolute Gasteiger partial charge is 0.360 e. The van der Waals surface area contributed by atoms with Crippen molar-refractivity contribution in [1.29, 1.82) is 5.26 Å². The second-order valence-electron chi connectivity index (χ2n) is 5.77. The van der Waals surface area contributed by atoms with E-state index in [4.69, 9.17) is 27.9 Å². The lowest BCUT2D eigenvalue weighted by Gasteiger charge is -2.17. The number of benzene rings is 1. The highest BCUT2D eigenvalue weighted by atomic mass is 35.5. The second-order valence-corrected chi connectivity index (χ2v) is 6.51. The van der Waals surface area contributed by atoms with Crippen molar-refractivity contribution in [3.8, 4) is 11.8 Å². The third-order valence-electron chi connectivity index (χ3n) is 4.24. The third-order valence-corrected chi connectivity index (χ3v) is 5.08. The second kappa shape index (κ2) is 7.47. The molecule has 2 heterocycles. The lowest BCUT2D eigenvalue weighted by molar-refractivity contribution is 0.0516. The van der Waals surface area contributed by atoms with Crippen LogP contribution in [0.2, 0.25) is 10.2 Å². The van der Waals surface area contributed by atoms with E-state index in [1.807, 2.05) is 43.3 Å². The minimum atomic E-state index is -0.843. The van der Waals surface area contributed by atoms with Gasteiger partial charge in [-0.2, -0.15) is 5.26 Å². The fourth-order valence-electron chi connectivity index (χ4n) is 2.98. The summed E-state index contributed by atoms with van der Waals surface area (Å²) in [5.41, 5.74) is 0.728. The van der Waals surface area contributed by atoms with Crippen molar-refractivity contribution in [2.45, 2.75) is 19.9 Å². The predicted octanol–water partition coefficient (Wildman–Crippen LogP) is 4.71. The molecule has 1 aromatic carbocycles. The summed E-state index contributed by atoms with van der Waals surface area (Å²) >= 11 is 12.8. The molecule has 0 fully saturated rings. The molecule has 0 spiro atoms. The Hall–Kier alpha value is -2.75. The molecule has 0 radical (unpaired) electrons. The Morgan fingerprint density at radius 2 is 2.04 bits per heavy atom. The number of aromatic hydroxyl groups is 1. The quantitative estimate of drug-likeness (QED) is 0.637. The van der Waals surface area contributed by atoms with E-state index in [1.165, 1.54) is 0 Å². The number of pyridine rings is 1. The number of hydrogen-bond donors (Lipinski definition) is 1. The Labute approximate surface area is 165 Å². The minimum absolute atomic E-state index is 0.0383. The molecular weight excluding hydrogens is 389 g/mol. The van der Waals surface area contributed by atoms with Gasteiger partial charge in [-0.05, 0) is 19.4 Å². The zero-order valence-corrected chi connectivity index (χ0v) is 16.0. The minimum Gasteiger partial charge on any atom is -0.505 e. The predicted molar refractivity (Wildman–Crippen MR) is 102 cm³/mol. The number of carbonyl (C=O) groups is 1. The first-order valence-electron chi connectivity index (χ1n) is 8.16. The molecule has 138 valence electrons. The van der Waals surface area contributed by atoms with Crippen molar-refractivity contribution < 1.29 is 14.6 Å². The molecule has 0 saturated carbocycles.